The highest BCUT2D eigenvalue weighted by molar-refractivity contribution is 7.10. The average Bonchev–Trinajstić information content (AvgIpc) is 3.23. The van der Waals surface area contributed by atoms with Gasteiger partial charge in [0.15, 0.2) is 5.65 Å². The SMILES string of the molecule is NC(=O)c1csc(CN2CCC(c3nnc4ccccn34)CC2)c1. The molecule has 2 N–H and O–H groups in total. The van der Waals surface area contributed by atoms with Crippen molar-refractivity contribution in [2.75, 3.05) is 13.1 Å². The Labute approximate surface area is 143 Å². The lowest BCUT2D eigenvalue weighted by Gasteiger charge is -2.30. The number of hydrogen-bond acceptors (Lipinski definition) is 5. The first-order valence-corrected chi connectivity index (χ1v) is 8.98. The normalized spacial score (nSPS) is 16.7. The van der Waals surface area contributed by atoms with Crippen LogP contribution < -0.4 is 5.73 Å². The van der Waals surface area contributed by atoms with Crippen LogP contribution in [0.4, 0.5) is 0 Å². The number of primary amides is 1. The molecule has 0 aromatic carbocycles. The van der Waals surface area contributed by atoms with Crippen LogP contribution in [0.1, 0.15) is 39.8 Å². The van der Waals surface area contributed by atoms with Crippen LogP contribution in [0.2, 0.25) is 0 Å². The van der Waals surface area contributed by atoms with E-state index in [2.05, 4.69) is 19.5 Å². The van der Waals surface area contributed by atoms with Crippen molar-refractivity contribution in [2.45, 2.75) is 25.3 Å². The lowest BCUT2D eigenvalue weighted by molar-refractivity contribution is 0.100. The second-order valence-electron chi connectivity index (χ2n) is 6.20. The zero-order valence-corrected chi connectivity index (χ0v) is 14.1. The molecule has 0 saturated carbocycles. The summed E-state index contributed by atoms with van der Waals surface area (Å²) >= 11 is 1.60. The Hall–Kier alpha value is -2.25. The average molecular weight is 341 g/mol. The number of nitrogens with two attached hydrogens (primary N) is 1. The van der Waals surface area contributed by atoms with E-state index < -0.39 is 0 Å². The Morgan fingerprint density at radius 1 is 1.29 bits per heavy atom. The molecule has 1 aliphatic heterocycles. The van der Waals surface area contributed by atoms with Gasteiger partial charge in [0.1, 0.15) is 5.82 Å². The summed E-state index contributed by atoms with van der Waals surface area (Å²) in [7, 11) is 0. The third-order valence-electron chi connectivity index (χ3n) is 4.61. The quantitative estimate of drug-likeness (QED) is 0.790. The fourth-order valence-electron chi connectivity index (χ4n) is 3.30. The van der Waals surface area contributed by atoms with E-state index >= 15 is 0 Å². The number of fused-ring (bicyclic) bond motifs is 1. The Bertz CT molecular complexity index is 863. The highest BCUT2D eigenvalue weighted by Gasteiger charge is 2.24. The summed E-state index contributed by atoms with van der Waals surface area (Å²) < 4.78 is 2.10. The summed E-state index contributed by atoms with van der Waals surface area (Å²) in [6, 6.07) is 7.89. The van der Waals surface area contributed by atoms with Crippen molar-refractivity contribution < 1.29 is 4.79 Å². The molecule has 0 bridgehead atoms. The predicted octanol–water partition coefficient (Wildman–Crippen LogP) is 2.27. The summed E-state index contributed by atoms with van der Waals surface area (Å²) in [5.74, 6) is 1.16. The van der Waals surface area contributed by atoms with Crippen LogP contribution in [0.3, 0.4) is 0 Å². The van der Waals surface area contributed by atoms with Crippen LogP contribution >= 0.6 is 11.3 Å². The Morgan fingerprint density at radius 2 is 2.12 bits per heavy atom. The van der Waals surface area contributed by atoms with Crippen LogP contribution in [-0.4, -0.2) is 38.5 Å². The lowest BCUT2D eigenvalue weighted by Crippen LogP contribution is -2.32. The maximum atomic E-state index is 11.2. The largest absolute Gasteiger partial charge is 0.366 e. The van der Waals surface area contributed by atoms with Crippen molar-refractivity contribution in [3.8, 4) is 0 Å². The topological polar surface area (TPSA) is 76.5 Å². The number of aromatic nitrogens is 3. The van der Waals surface area contributed by atoms with Crippen molar-refractivity contribution >= 4 is 22.9 Å². The highest BCUT2D eigenvalue weighted by Crippen LogP contribution is 2.28. The van der Waals surface area contributed by atoms with Crippen molar-refractivity contribution in [1.82, 2.24) is 19.5 Å². The van der Waals surface area contributed by atoms with Gasteiger partial charge in [0.2, 0.25) is 5.91 Å². The molecule has 6 nitrogen and oxygen atoms in total. The summed E-state index contributed by atoms with van der Waals surface area (Å²) in [5.41, 5.74) is 6.84. The third-order valence-corrected chi connectivity index (χ3v) is 5.53. The Morgan fingerprint density at radius 3 is 2.88 bits per heavy atom. The number of pyridine rings is 1. The number of nitrogens with zero attached hydrogens (tertiary/aromatic N) is 4. The van der Waals surface area contributed by atoms with Gasteiger partial charge < -0.3 is 5.73 Å². The van der Waals surface area contributed by atoms with Gasteiger partial charge in [0.05, 0.1) is 5.56 Å². The number of carbonyl (C=O) groups is 1. The van der Waals surface area contributed by atoms with E-state index in [-0.39, 0.29) is 5.91 Å². The van der Waals surface area contributed by atoms with Gasteiger partial charge in [-0.15, -0.1) is 21.5 Å². The zero-order chi connectivity index (χ0) is 16.5. The van der Waals surface area contributed by atoms with Crippen molar-refractivity contribution in [3.63, 3.8) is 0 Å². The fourth-order valence-corrected chi connectivity index (χ4v) is 4.22. The molecule has 1 saturated heterocycles. The summed E-state index contributed by atoms with van der Waals surface area (Å²) in [6.45, 7) is 2.93. The van der Waals surface area contributed by atoms with Crippen LogP contribution in [0, 0.1) is 0 Å². The molecule has 3 aromatic heterocycles. The second kappa shape index (κ2) is 6.33. The third kappa shape index (κ3) is 2.92. The molecule has 7 heteroatoms. The summed E-state index contributed by atoms with van der Waals surface area (Å²) in [6.07, 6.45) is 4.18. The zero-order valence-electron chi connectivity index (χ0n) is 13.3. The van der Waals surface area contributed by atoms with Gasteiger partial charge in [0, 0.05) is 28.9 Å². The molecule has 1 amide bonds. The molecule has 124 valence electrons. The monoisotopic (exact) mass is 341 g/mol. The minimum atomic E-state index is -0.352. The van der Waals surface area contributed by atoms with Gasteiger partial charge in [0.25, 0.3) is 0 Å². The molecular weight excluding hydrogens is 322 g/mol. The molecular formula is C17H19N5OS. The molecule has 24 heavy (non-hydrogen) atoms. The minimum Gasteiger partial charge on any atom is -0.366 e. The molecule has 0 atom stereocenters. The first-order chi connectivity index (χ1) is 11.7. The van der Waals surface area contributed by atoms with E-state index in [9.17, 15) is 4.79 Å². The minimum absolute atomic E-state index is 0.352. The number of carbonyl (C=O) groups excluding carboxylic acids is 1. The van der Waals surface area contributed by atoms with Crippen LogP contribution in [0.15, 0.2) is 35.8 Å². The predicted molar refractivity (Wildman–Crippen MR) is 93.1 cm³/mol. The molecule has 4 rings (SSSR count). The molecule has 1 fully saturated rings. The van der Waals surface area contributed by atoms with Crippen LogP contribution in [0.25, 0.3) is 5.65 Å². The first kappa shape index (κ1) is 15.3. The van der Waals surface area contributed by atoms with E-state index in [4.69, 9.17) is 5.73 Å². The smallest absolute Gasteiger partial charge is 0.249 e. The van der Waals surface area contributed by atoms with E-state index in [1.165, 1.54) is 4.88 Å². The van der Waals surface area contributed by atoms with Gasteiger partial charge in [-0.3, -0.25) is 14.1 Å². The molecule has 0 aliphatic carbocycles. The highest BCUT2D eigenvalue weighted by atomic mass is 32.1. The maximum Gasteiger partial charge on any atom is 0.249 e. The van der Waals surface area contributed by atoms with E-state index in [0.29, 0.717) is 11.5 Å². The van der Waals surface area contributed by atoms with Gasteiger partial charge in [-0.2, -0.15) is 0 Å². The Balaban J connectivity index is 1.40. The number of likely N-dealkylation sites (tertiary alicyclic amines) is 1. The molecule has 0 radical (unpaired) electrons. The maximum absolute atomic E-state index is 11.2. The second-order valence-corrected chi connectivity index (χ2v) is 7.20. The van der Waals surface area contributed by atoms with E-state index in [0.717, 1.165) is 43.9 Å². The van der Waals surface area contributed by atoms with Gasteiger partial charge >= 0.3 is 0 Å². The number of amides is 1. The first-order valence-electron chi connectivity index (χ1n) is 8.10. The van der Waals surface area contributed by atoms with Crippen molar-refractivity contribution in [3.05, 3.63) is 52.1 Å². The number of thiophene rings is 1. The molecule has 0 unspecified atom stereocenters. The molecule has 1 aliphatic rings. The number of rotatable bonds is 4. The number of hydrogen-bond donors (Lipinski definition) is 1. The van der Waals surface area contributed by atoms with Crippen LogP contribution in [0.5, 0.6) is 0 Å². The van der Waals surface area contributed by atoms with Crippen LogP contribution in [-0.2, 0) is 6.54 Å². The van der Waals surface area contributed by atoms with Crippen molar-refractivity contribution in [2.24, 2.45) is 5.73 Å². The standard InChI is InChI=1S/C17H19N5OS/c18-16(23)13-9-14(24-11-13)10-21-7-4-12(5-8-21)17-20-19-15-3-1-2-6-22(15)17/h1-3,6,9,11-12H,4-5,7-8,10H2,(H2,18,23). The Kier molecular flexibility index (Phi) is 4.03. The summed E-state index contributed by atoms with van der Waals surface area (Å²) in [4.78, 5) is 14.8. The fraction of sp³-hybridized carbons (Fsp3) is 0.353. The lowest BCUT2D eigenvalue weighted by atomic mass is 9.96. The van der Waals surface area contributed by atoms with Gasteiger partial charge in [-0.05, 0) is 44.1 Å². The van der Waals surface area contributed by atoms with Crippen molar-refractivity contribution in [1.29, 1.82) is 0 Å². The van der Waals surface area contributed by atoms with Gasteiger partial charge in [-0.1, -0.05) is 6.07 Å². The van der Waals surface area contributed by atoms with E-state index in [1.54, 1.807) is 11.3 Å². The molecule has 3 aromatic rings. The van der Waals surface area contributed by atoms with E-state index in [1.807, 2.05) is 35.8 Å². The molecule has 4 heterocycles. The summed E-state index contributed by atoms with van der Waals surface area (Å²) in [5, 5.41) is 10.5. The number of piperidine rings is 1. The van der Waals surface area contributed by atoms with Gasteiger partial charge in [-0.25, -0.2) is 0 Å². The molecule has 0 spiro atoms.